The summed E-state index contributed by atoms with van der Waals surface area (Å²) in [6.45, 7) is 0. The van der Waals surface area contributed by atoms with Gasteiger partial charge in [0.2, 0.25) is 8.38 Å². The molecule has 11 heavy (non-hydrogen) atoms. The minimum Gasteiger partial charge on any atom is -0.347 e. The van der Waals surface area contributed by atoms with Crippen molar-refractivity contribution in [3.8, 4) is 0 Å². The highest BCUT2D eigenvalue weighted by molar-refractivity contribution is 7.54. The average Bonchev–Trinajstić information content (AvgIpc) is 1.85. The summed E-state index contributed by atoms with van der Waals surface area (Å²) in [5, 5.41) is 1.09. The first-order valence-corrected chi connectivity index (χ1v) is 4.74. The molecule has 0 aliphatic carbocycles. The second-order valence-electron chi connectivity index (χ2n) is 1.89. The highest BCUT2D eigenvalue weighted by Gasteiger charge is 2.08. The second-order valence-corrected chi connectivity index (χ2v) is 3.79. The van der Waals surface area contributed by atoms with E-state index in [1.807, 2.05) is 0 Å². The number of hydrogen-bond acceptors (Lipinski definition) is 2. The fourth-order valence-electron chi connectivity index (χ4n) is 0.643. The van der Waals surface area contributed by atoms with Crippen molar-refractivity contribution in [2.75, 3.05) is 0 Å². The Labute approximate surface area is 75.3 Å². The molecule has 0 saturated heterocycles. The molecule has 2 N–H and O–H groups in total. The predicted octanol–water partition coefficient (Wildman–Crippen LogP) is 1.92. The zero-order valence-corrected chi connectivity index (χ0v) is 7.74. The Balaban J connectivity index is 3.09. The van der Waals surface area contributed by atoms with Crippen LogP contribution in [-0.4, -0.2) is 9.79 Å². The fraction of sp³-hybridized carbons (Fsp3) is 0. The van der Waals surface area contributed by atoms with Gasteiger partial charge in [-0.3, -0.25) is 0 Å². The maximum atomic E-state index is 8.79. The molecule has 1 aromatic carbocycles. The number of rotatable bonds is 1. The van der Waals surface area contributed by atoms with E-state index in [2.05, 4.69) is 0 Å². The average molecular weight is 211 g/mol. The molecule has 0 aliphatic heterocycles. The van der Waals surface area contributed by atoms with Crippen LogP contribution in [0.25, 0.3) is 0 Å². The molecule has 1 rings (SSSR count). The summed E-state index contributed by atoms with van der Waals surface area (Å²) >= 11 is 11.2. The van der Waals surface area contributed by atoms with E-state index in [1.54, 1.807) is 6.07 Å². The van der Waals surface area contributed by atoms with Crippen LogP contribution in [0, 0.1) is 0 Å². The maximum Gasteiger partial charge on any atom is 0.201 e. The van der Waals surface area contributed by atoms with Crippen LogP contribution in [0.4, 0.5) is 0 Å². The molecule has 5 heteroatoms. The molecular weight excluding hydrogens is 206 g/mol. The summed E-state index contributed by atoms with van der Waals surface area (Å²) in [5.74, 6) is 0. The standard InChI is InChI=1S/C6H5Cl2O2P/c7-4-1-2-6(11(9)10)5(8)3-4/h1-3,9-10H. The first kappa shape index (κ1) is 9.24. The third-order valence-corrected chi connectivity index (χ3v) is 2.63. The maximum absolute atomic E-state index is 8.79. The summed E-state index contributed by atoms with van der Waals surface area (Å²) in [6.07, 6.45) is 0. The van der Waals surface area contributed by atoms with Crippen LogP contribution in [0.15, 0.2) is 18.2 Å². The molecule has 0 heterocycles. The quantitative estimate of drug-likeness (QED) is 0.696. The van der Waals surface area contributed by atoms with Gasteiger partial charge < -0.3 is 9.79 Å². The molecule has 0 amide bonds. The number of hydrogen-bond donors (Lipinski definition) is 2. The lowest BCUT2D eigenvalue weighted by molar-refractivity contribution is 0.497. The van der Waals surface area contributed by atoms with Crippen molar-refractivity contribution in [2.24, 2.45) is 0 Å². The Bertz CT molecular complexity index is 265. The molecule has 0 aliphatic rings. The molecule has 60 valence electrons. The van der Waals surface area contributed by atoms with Crippen molar-refractivity contribution in [2.45, 2.75) is 0 Å². The molecule has 0 aromatic heterocycles. The van der Waals surface area contributed by atoms with Crippen molar-refractivity contribution in [3.05, 3.63) is 28.2 Å². The minimum absolute atomic E-state index is 0.286. The summed E-state index contributed by atoms with van der Waals surface area (Å²) in [6, 6.07) is 4.53. The van der Waals surface area contributed by atoms with Crippen LogP contribution in [0.3, 0.4) is 0 Å². The van der Waals surface area contributed by atoms with E-state index >= 15 is 0 Å². The molecule has 1 aromatic rings. The molecular formula is C6H5Cl2O2P. The Hall–Kier alpha value is 0.150. The van der Waals surface area contributed by atoms with Crippen molar-refractivity contribution in [1.82, 2.24) is 0 Å². The van der Waals surface area contributed by atoms with Gasteiger partial charge in [0.1, 0.15) is 0 Å². The highest BCUT2D eigenvalue weighted by Crippen LogP contribution is 2.28. The zero-order chi connectivity index (χ0) is 8.43. The lowest BCUT2D eigenvalue weighted by atomic mass is 10.4. The third-order valence-electron chi connectivity index (χ3n) is 1.13. The van der Waals surface area contributed by atoms with E-state index in [4.69, 9.17) is 33.0 Å². The van der Waals surface area contributed by atoms with Gasteiger partial charge >= 0.3 is 0 Å². The van der Waals surface area contributed by atoms with Crippen molar-refractivity contribution >= 4 is 36.9 Å². The lowest BCUT2D eigenvalue weighted by Gasteiger charge is -2.03. The SMILES string of the molecule is OP(O)c1ccc(Cl)cc1Cl. The predicted molar refractivity (Wildman–Crippen MR) is 47.5 cm³/mol. The Morgan fingerprint density at radius 1 is 1.18 bits per heavy atom. The summed E-state index contributed by atoms with van der Waals surface area (Å²) in [7, 11) is -2.12. The third kappa shape index (κ3) is 2.29. The van der Waals surface area contributed by atoms with E-state index < -0.39 is 8.38 Å². The molecule has 0 unspecified atom stereocenters. The topological polar surface area (TPSA) is 40.5 Å². The normalized spacial score (nSPS) is 10.6. The van der Waals surface area contributed by atoms with Gasteiger partial charge in [-0.05, 0) is 18.2 Å². The minimum atomic E-state index is -2.12. The largest absolute Gasteiger partial charge is 0.347 e. The monoisotopic (exact) mass is 210 g/mol. The number of benzene rings is 1. The van der Waals surface area contributed by atoms with E-state index in [0.717, 1.165) is 0 Å². The Morgan fingerprint density at radius 3 is 2.27 bits per heavy atom. The van der Waals surface area contributed by atoms with Crippen LogP contribution in [-0.2, 0) is 0 Å². The van der Waals surface area contributed by atoms with Gasteiger partial charge in [0.05, 0.1) is 5.02 Å². The van der Waals surface area contributed by atoms with Gasteiger partial charge in [-0.1, -0.05) is 23.2 Å². The molecule has 0 saturated carbocycles. The van der Waals surface area contributed by atoms with E-state index in [0.29, 0.717) is 10.3 Å². The van der Waals surface area contributed by atoms with E-state index in [9.17, 15) is 0 Å². The van der Waals surface area contributed by atoms with E-state index in [-0.39, 0.29) is 5.02 Å². The lowest BCUT2D eigenvalue weighted by Crippen LogP contribution is -2.00. The first-order chi connectivity index (χ1) is 5.11. The van der Waals surface area contributed by atoms with Gasteiger partial charge in [-0.15, -0.1) is 0 Å². The van der Waals surface area contributed by atoms with Gasteiger partial charge in [0.15, 0.2) is 0 Å². The fourth-order valence-corrected chi connectivity index (χ4v) is 1.74. The van der Waals surface area contributed by atoms with E-state index in [1.165, 1.54) is 12.1 Å². The second kappa shape index (κ2) is 3.70. The summed E-state index contributed by atoms with van der Waals surface area (Å²) < 4.78 is 0. The van der Waals surface area contributed by atoms with Crippen LogP contribution in [0.2, 0.25) is 10.0 Å². The van der Waals surface area contributed by atoms with Crippen LogP contribution in [0.1, 0.15) is 0 Å². The molecule has 0 fully saturated rings. The smallest absolute Gasteiger partial charge is 0.201 e. The van der Waals surface area contributed by atoms with Crippen LogP contribution < -0.4 is 5.30 Å². The first-order valence-electron chi connectivity index (χ1n) is 2.74. The highest BCUT2D eigenvalue weighted by atomic mass is 35.5. The van der Waals surface area contributed by atoms with Crippen LogP contribution >= 0.6 is 31.6 Å². The van der Waals surface area contributed by atoms with Gasteiger partial charge in [-0.2, -0.15) is 0 Å². The molecule has 0 atom stereocenters. The van der Waals surface area contributed by atoms with Gasteiger partial charge in [0.25, 0.3) is 0 Å². The Kier molecular flexibility index (Phi) is 3.11. The van der Waals surface area contributed by atoms with Crippen molar-refractivity contribution in [1.29, 1.82) is 0 Å². The molecule has 0 spiro atoms. The summed E-state index contributed by atoms with van der Waals surface area (Å²) in [5.41, 5.74) is 0. The number of halogens is 2. The van der Waals surface area contributed by atoms with Gasteiger partial charge in [-0.25, -0.2) is 0 Å². The molecule has 0 bridgehead atoms. The molecule has 0 radical (unpaired) electrons. The molecule has 2 nitrogen and oxygen atoms in total. The zero-order valence-electron chi connectivity index (χ0n) is 5.33. The van der Waals surface area contributed by atoms with Gasteiger partial charge in [0, 0.05) is 10.3 Å². The van der Waals surface area contributed by atoms with Crippen LogP contribution in [0.5, 0.6) is 0 Å². The van der Waals surface area contributed by atoms with Crippen molar-refractivity contribution in [3.63, 3.8) is 0 Å². The van der Waals surface area contributed by atoms with Crippen molar-refractivity contribution < 1.29 is 9.79 Å². The summed E-state index contributed by atoms with van der Waals surface area (Å²) in [4.78, 5) is 17.6. The Morgan fingerprint density at radius 2 is 1.82 bits per heavy atom.